The molecular formula is C12H15ClFNO. The first-order valence-corrected chi connectivity index (χ1v) is 5.78. The van der Waals surface area contributed by atoms with E-state index in [0.717, 1.165) is 24.9 Å². The van der Waals surface area contributed by atoms with Gasteiger partial charge in [-0.25, -0.2) is 4.39 Å². The lowest BCUT2D eigenvalue weighted by Crippen LogP contribution is -2.16. The second kappa shape index (κ2) is 4.60. The second-order valence-electron chi connectivity index (χ2n) is 4.09. The lowest BCUT2D eigenvalue weighted by Gasteiger charge is -2.18. The van der Waals surface area contributed by atoms with Crippen molar-refractivity contribution in [2.75, 3.05) is 13.7 Å². The fourth-order valence-corrected chi connectivity index (χ4v) is 2.54. The van der Waals surface area contributed by atoms with Crippen LogP contribution in [0.15, 0.2) is 6.07 Å². The van der Waals surface area contributed by atoms with Crippen LogP contribution in [0.2, 0.25) is 5.02 Å². The number of rotatable bonds is 2. The molecule has 88 valence electrons. The first kappa shape index (κ1) is 11.7. The summed E-state index contributed by atoms with van der Waals surface area (Å²) in [5.41, 5.74) is 1.45. The number of hydrogen-bond acceptors (Lipinski definition) is 2. The zero-order valence-electron chi connectivity index (χ0n) is 9.44. The fourth-order valence-electron chi connectivity index (χ4n) is 2.27. The summed E-state index contributed by atoms with van der Waals surface area (Å²) in [4.78, 5) is 0. The maximum absolute atomic E-state index is 14.0. The van der Waals surface area contributed by atoms with Crippen LogP contribution in [0, 0.1) is 12.7 Å². The van der Waals surface area contributed by atoms with E-state index in [9.17, 15) is 4.39 Å². The predicted molar refractivity (Wildman–Crippen MR) is 62.7 cm³/mol. The number of aryl methyl sites for hydroxylation is 1. The molecule has 0 saturated carbocycles. The van der Waals surface area contributed by atoms with Gasteiger partial charge in [-0.15, -0.1) is 0 Å². The van der Waals surface area contributed by atoms with Gasteiger partial charge in [-0.1, -0.05) is 11.6 Å². The molecular weight excluding hydrogens is 229 g/mol. The maximum atomic E-state index is 14.0. The lowest BCUT2D eigenvalue weighted by atomic mass is 10.0. The maximum Gasteiger partial charge on any atom is 0.150 e. The van der Waals surface area contributed by atoms with E-state index in [-0.39, 0.29) is 16.9 Å². The van der Waals surface area contributed by atoms with Crippen LogP contribution in [-0.4, -0.2) is 13.7 Å². The van der Waals surface area contributed by atoms with Gasteiger partial charge in [-0.2, -0.15) is 0 Å². The molecule has 0 aromatic heterocycles. The average molecular weight is 244 g/mol. The number of hydrogen-bond donors (Lipinski definition) is 1. The molecule has 1 fully saturated rings. The molecule has 2 nitrogen and oxygen atoms in total. The minimum atomic E-state index is -0.358. The number of methoxy groups -OCH3 is 1. The molecule has 1 unspecified atom stereocenters. The van der Waals surface area contributed by atoms with E-state index in [4.69, 9.17) is 16.3 Å². The zero-order chi connectivity index (χ0) is 11.7. The zero-order valence-corrected chi connectivity index (χ0v) is 10.2. The largest absolute Gasteiger partial charge is 0.496 e. The molecule has 0 radical (unpaired) electrons. The molecule has 0 aliphatic carbocycles. The van der Waals surface area contributed by atoms with E-state index < -0.39 is 0 Å². The van der Waals surface area contributed by atoms with Gasteiger partial charge in [-0.3, -0.25) is 0 Å². The molecule has 16 heavy (non-hydrogen) atoms. The summed E-state index contributed by atoms with van der Waals surface area (Å²) in [6.07, 6.45) is 1.98. The summed E-state index contributed by atoms with van der Waals surface area (Å²) in [6.45, 7) is 2.79. The summed E-state index contributed by atoms with van der Waals surface area (Å²) in [5, 5.41) is 3.43. The molecule has 1 aromatic rings. The van der Waals surface area contributed by atoms with Gasteiger partial charge in [0.15, 0.2) is 0 Å². The van der Waals surface area contributed by atoms with E-state index in [1.807, 2.05) is 6.92 Å². The smallest absolute Gasteiger partial charge is 0.150 e. The summed E-state index contributed by atoms with van der Waals surface area (Å²) in [6, 6.07) is 1.63. The van der Waals surface area contributed by atoms with E-state index in [2.05, 4.69) is 5.32 Å². The quantitative estimate of drug-likeness (QED) is 0.861. The van der Waals surface area contributed by atoms with Crippen LogP contribution < -0.4 is 10.1 Å². The molecule has 1 saturated heterocycles. The summed E-state index contributed by atoms with van der Waals surface area (Å²) in [5.74, 6) is 0.254. The van der Waals surface area contributed by atoms with Crippen molar-refractivity contribution in [1.29, 1.82) is 0 Å². The van der Waals surface area contributed by atoms with E-state index >= 15 is 0 Å². The third kappa shape index (κ3) is 1.89. The Morgan fingerprint density at radius 1 is 1.56 bits per heavy atom. The van der Waals surface area contributed by atoms with Crippen molar-refractivity contribution in [1.82, 2.24) is 5.32 Å². The molecule has 1 heterocycles. The standard InChI is InChI=1S/C12H15ClFNO/c1-7-6-8(13)11(14)10(12(7)16-2)9-4-3-5-15-9/h6,9,15H,3-5H2,1-2H3. The van der Waals surface area contributed by atoms with Crippen LogP contribution in [-0.2, 0) is 0 Å². The number of nitrogens with one attached hydrogen (secondary N) is 1. The molecule has 2 rings (SSSR count). The highest BCUT2D eigenvalue weighted by Gasteiger charge is 2.26. The molecule has 4 heteroatoms. The van der Waals surface area contributed by atoms with Crippen LogP contribution in [0.4, 0.5) is 4.39 Å². The molecule has 1 atom stereocenters. The Bertz CT molecular complexity index is 402. The first-order valence-electron chi connectivity index (χ1n) is 5.41. The SMILES string of the molecule is COc1c(C)cc(Cl)c(F)c1C1CCCN1. The highest BCUT2D eigenvalue weighted by atomic mass is 35.5. The number of benzene rings is 1. The summed E-state index contributed by atoms with van der Waals surface area (Å²) >= 11 is 5.87. The lowest BCUT2D eigenvalue weighted by molar-refractivity contribution is 0.393. The molecule has 0 spiro atoms. The van der Waals surface area contributed by atoms with E-state index in [0.29, 0.717) is 11.3 Å². The average Bonchev–Trinajstić information content (AvgIpc) is 2.76. The van der Waals surface area contributed by atoms with Crippen LogP contribution in [0.25, 0.3) is 0 Å². The van der Waals surface area contributed by atoms with Crippen molar-refractivity contribution in [3.8, 4) is 5.75 Å². The fraction of sp³-hybridized carbons (Fsp3) is 0.500. The molecule has 1 aliphatic rings. The van der Waals surface area contributed by atoms with Crippen LogP contribution in [0.3, 0.4) is 0 Å². The molecule has 1 N–H and O–H groups in total. The van der Waals surface area contributed by atoms with Gasteiger partial charge in [-0.05, 0) is 37.9 Å². The number of halogens is 2. The molecule has 0 bridgehead atoms. The van der Waals surface area contributed by atoms with Crippen LogP contribution in [0.5, 0.6) is 5.75 Å². The Labute approximate surface area is 99.7 Å². The van der Waals surface area contributed by atoms with Gasteiger partial charge in [0.05, 0.1) is 12.1 Å². The second-order valence-corrected chi connectivity index (χ2v) is 4.49. The molecule has 1 aromatic carbocycles. The van der Waals surface area contributed by atoms with Gasteiger partial charge in [0, 0.05) is 11.6 Å². The van der Waals surface area contributed by atoms with Crippen molar-refractivity contribution < 1.29 is 9.13 Å². The third-order valence-electron chi connectivity index (χ3n) is 3.01. The topological polar surface area (TPSA) is 21.3 Å². The van der Waals surface area contributed by atoms with Crippen molar-refractivity contribution >= 4 is 11.6 Å². The van der Waals surface area contributed by atoms with Gasteiger partial charge in [0.2, 0.25) is 0 Å². The van der Waals surface area contributed by atoms with E-state index in [1.165, 1.54) is 0 Å². The van der Waals surface area contributed by atoms with Crippen molar-refractivity contribution in [2.24, 2.45) is 0 Å². The van der Waals surface area contributed by atoms with Crippen molar-refractivity contribution in [3.63, 3.8) is 0 Å². The molecule has 1 aliphatic heterocycles. The van der Waals surface area contributed by atoms with Gasteiger partial charge in [0.1, 0.15) is 11.6 Å². The summed E-state index contributed by atoms with van der Waals surface area (Å²) in [7, 11) is 1.56. The van der Waals surface area contributed by atoms with Crippen molar-refractivity contribution in [3.05, 3.63) is 28.0 Å². The Hall–Kier alpha value is -0.800. The molecule has 0 amide bonds. The monoisotopic (exact) mass is 243 g/mol. The third-order valence-corrected chi connectivity index (χ3v) is 3.28. The minimum absolute atomic E-state index is 0.0207. The Morgan fingerprint density at radius 3 is 2.88 bits per heavy atom. The predicted octanol–water partition coefficient (Wildman–Crippen LogP) is 3.22. The Kier molecular flexibility index (Phi) is 3.36. The highest BCUT2D eigenvalue weighted by Crippen LogP contribution is 2.38. The Morgan fingerprint density at radius 2 is 2.31 bits per heavy atom. The Balaban J connectivity index is 2.54. The van der Waals surface area contributed by atoms with Gasteiger partial charge < -0.3 is 10.1 Å². The first-order chi connectivity index (χ1) is 7.65. The van der Waals surface area contributed by atoms with Crippen molar-refractivity contribution in [2.45, 2.75) is 25.8 Å². The normalized spacial score (nSPS) is 20.1. The van der Waals surface area contributed by atoms with Gasteiger partial charge >= 0.3 is 0 Å². The van der Waals surface area contributed by atoms with Gasteiger partial charge in [0.25, 0.3) is 0 Å². The van der Waals surface area contributed by atoms with Crippen LogP contribution in [0.1, 0.15) is 30.0 Å². The number of ether oxygens (including phenoxy) is 1. The minimum Gasteiger partial charge on any atom is -0.496 e. The highest BCUT2D eigenvalue weighted by molar-refractivity contribution is 6.31. The summed E-state index contributed by atoms with van der Waals surface area (Å²) < 4.78 is 19.3. The van der Waals surface area contributed by atoms with Crippen LogP contribution >= 0.6 is 11.6 Å². The van der Waals surface area contributed by atoms with E-state index in [1.54, 1.807) is 13.2 Å².